The van der Waals surface area contributed by atoms with Crippen molar-refractivity contribution in [1.82, 2.24) is 0 Å². The third-order valence-corrected chi connectivity index (χ3v) is 7.37. The van der Waals surface area contributed by atoms with Crippen LogP contribution in [0.2, 0.25) is 0 Å². The van der Waals surface area contributed by atoms with Crippen molar-refractivity contribution >= 4 is 11.8 Å². The second-order valence-electron chi connectivity index (χ2n) is 7.95. The SMILES string of the molecule is CC(C)C1CCC(O)C(C2CCOC3(CCSCC3)C2)C1. The minimum absolute atomic E-state index is 0.0573. The van der Waals surface area contributed by atoms with E-state index in [0.29, 0.717) is 11.8 Å². The van der Waals surface area contributed by atoms with Crippen LogP contribution in [-0.4, -0.2) is 34.9 Å². The molecule has 3 heteroatoms. The van der Waals surface area contributed by atoms with Gasteiger partial charge < -0.3 is 9.84 Å². The molecule has 0 aromatic heterocycles. The molecule has 1 aliphatic carbocycles. The molecule has 0 aromatic carbocycles. The smallest absolute Gasteiger partial charge is 0.0701 e. The van der Waals surface area contributed by atoms with Gasteiger partial charge in [0.05, 0.1) is 11.7 Å². The van der Waals surface area contributed by atoms with Crippen LogP contribution in [0.4, 0.5) is 0 Å². The second-order valence-corrected chi connectivity index (χ2v) is 9.17. The first-order chi connectivity index (χ1) is 10.1. The van der Waals surface area contributed by atoms with Crippen molar-refractivity contribution in [3.05, 3.63) is 0 Å². The van der Waals surface area contributed by atoms with E-state index in [2.05, 4.69) is 25.6 Å². The predicted molar refractivity (Wildman–Crippen MR) is 89.6 cm³/mol. The Kier molecular flexibility index (Phi) is 5.23. The first kappa shape index (κ1) is 16.1. The summed E-state index contributed by atoms with van der Waals surface area (Å²) < 4.78 is 6.24. The summed E-state index contributed by atoms with van der Waals surface area (Å²) in [7, 11) is 0. The maximum absolute atomic E-state index is 10.6. The summed E-state index contributed by atoms with van der Waals surface area (Å²) >= 11 is 2.07. The lowest BCUT2D eigenvalue weighted by molar-refractivity contribution is -0.126. The Morgan fingerprint density at radius 3 is 2.62 bits per heavy atom. The molecule has 4 atom stereocenters. The fourth-order valence-electron chi connectivity index (χ4n) is 4.86. The highest BCUT2D eigenvalue weighted by molar-refractivity contribution is 7.99. The van der Waals surface area contributed by atoms with Gasteiger partial charge in [0.2, 0.25) is 0 Å². The average Bonchev–Trinajstić information content (AvgIpc) is 2.48. The van der Waals surface area contributed by atoms with Gasteiger partial charge in [-0.3, -0.25) is 0 Å². The Morgan fingerprint density at radius 2 is 1.90 bits per heavy atom. The predicted octanol–water partition coefficient (Wildman–Crippen LogP) is 4.11. The molecule has 1 N–H and O–H groups in total. The number of aliphatic hydroxyl groups is 1. The molecular formula is C18H32O2S. The minimum Gasteiger partial charge on any atom is -0.393 e. The molecule has 3 aliphatic rings. The van der Waals surface area contributed by atoms with Gasteiger partial charge in [-0.05, 0) is 80.1 Å². The summed E-state index contributed by atoms with van der Waals surface area (Å²) in [5.74, 6) is 5.32. The van der Waals surface area contributed by atoms with E-state index in [9.17, 15) is 5.11 Å². The van der Waals surface area contributed by atoms with Gasteiger partial charge >= 0.3 is 0 Å². The zero-order valence-electron chi connectivity index (χ0n) is 13.7. The van der Waals surface area contributed by atoms with Gasteiger partial charge in [0.1, 0.15) is 0 Å². The summed E-state index contributed by atoms with van der Waals surface area (Å²) in [6.45, 7) is 5.62. The molecule has 0 bridgehead atoms. The van der Waals surface area contributed by atoms with E-state index < -0.39 is 0 Å². The van der Waals surface area contributed by atoms with E-state index in [1.165, 1.54) is 50.0 Å². The van der Waals surface area contributed by atoms with Crippen molar-refractivity contribution in [2.75, 3.05) is 18.1 Å². The minimum atomic E-state index is -0.0573. The fraction of sp³-hybridized carbons (Fsp3) is 1.00. The number of ether oxygens (including phenoxy) is 1. The molecule has 21 heavy (non-hydrogen) atoms. The van der Waals surface area contributed by atoms with Crippen LogP contribution in [0, 0.1) is 23.7 Å². The Hall–Kier alpha value is 0.270. The molecule has 2 nitrogen and oxygen atoms in total. The summed E-state index contributed by atoms with van der Waals surface area (Å²) in [6, 6.07) is 0. The van der Waals surface area contributed by atoms with Crippen LogP contribution in [0.25, 0.3) is 0 Å². The Bertz CT molecular complexity index is 333. The number of hydrogen-bond acceptors (Lipinski definition) is 3. The molecular weight excluding hydrogens is 280 g/mol. The van der Waals surface area contributed by atoms with Gasteiger partial charge in [-0.2, -0.15) is 11.8 Å². The van der Waals surface area contributed by atoms with Gasteiger partial charge in [-0.25, -0.2) is 0 Å². The van der Waals surface area contributed by atoms with Crippen molar-refractivity contribution in [3.8, 4) is 0 Å². The van der Waals surface area contributed by atoms with Crippen LogP contribution in [0.3, 0.4) is 0 Å². The maximum Gasteiger partial charge on any atom is 0.0701 e. The highest BCUT2D eigenvalue weighted by Crippen LogP contribution is 2.46. The highest BCUT2D eigenvalue weighted by Gasteiger charge is 2.44. The molecule has 3 rings (SSSR count). The van der Waals surface area contributed by atoms with E-state index >= 15 is 0 Å². The zero-order valence-corrected chi connectivity index (χ0v) is 14.5. The van der Waals surface area contributed by atoms with E-state index in [1.54, 1.807) is 0 Å². The first-order valence-electron chi connectivity index (χ1n) is 8.99. The van der Waals surface area contributed by atoms with Crippen LogP contribution in [0.5, 0.6) is 0 Å². The zero-order chi connectivity index (χ0) is 14.9. The summed E-state index contributed by atoms with van der Waals surface area (Å²) in [6.07, 6.45) is 8.26. The second kappa shape index (κ2) is 6.80. The van der Waals surface area contributed by atoms with E-state index in [1.807, 2.05) is 0 Å². The Morgan fingerprint density at radius 1 is 1.14 bits per heavy atom. The summed E-state index contributed by atoms with van der Waals surface area (Å²) in [4.78, 5) is 0. The van der Waals surface area contributed by atoms with E-state index in [-0.39, 0.29) is 11.7 Å². The van der Waals surface area contributed by atoms with Gasteiger partial charge in [0.15, 0.2) is 0 Å². The van der Waals surface area contributed by atoms with Gasteiger partial charge in [-0.15, -0.1) is 0 Å². The van der Waals surface area contributed by atoms with Crippen LogP contribution in [0.15, 0.2) is 0 Å². The maximum atomic E-state index is 10.6. The first-order valence-corrected chi connectivity index (χ1v) is 10.1. The third-order valence-electron chi connectivity index (χ3n) is 6.39. The van der Waals surface area contributed by atoms with Crippen LogP contribution >= 0.6 is 11.8 Å². The number of aliphatic hydroxyl groups excluding tert-OH is 1. The standard InChI is InChI=1S/C18H32O2S/c1-13(2)14-3-4-17(19)16(11-14)15-5-8-20-18(12-15)6-9-21-10-7-18/h13-17,19H,3-12H2,1-2H3. The third kappa shape index (κ3) is 3.61. The molecule has 0 amide bonds. The molecule has 2 aliphatic heterocycles. The lowest BCUT2D eigenvalue weighted by Crippen LogP contribution is -2.47. The molecule has 2 saturated heterocycles. The Balaban J connectivity index is 1.66. The van der Waals surface area contributed by atoms with Crippen molar-refractivity contribution in [1.29, 1.82) is 0 Å². The fourth-order valence-corrected chi connectivity index (χ4v) is 6.10. The van der Waals surface area contributed by atoms with Gasteiger partial charge in [0, 0.05) is 6.61 Å². The molecule has 0 radical (unpaired) electrons. The quantitative estimate of drug-likeness (QED) is 0.832. The van der Waals surface area contributed by atoms with Crippen LogP contribution < -0.4 is 0 Å². The normalized spacial score (nSPS) is 40.6. The largest absolute Gasteiger partial charge is 0.393 e. The van der Waals surface area contributed by atoms with Crippen molar-refractivity contribution < 1.29 is 9.84 Å². The monoisotopic (exact) mass is 312 g/mol. The molecule has 3 fully saturated rings. The van der Waals surface area contributed by atoms with Crippen LogP contribution in [-0.2, 0) is 4.74 Å². The van der Waals surface area contributed by atoms with Crippen molar-refractivity contribution in [2.24, 2.45) is 23.7 Å². The van der Waals surface area contributed by atoms with Crippen LogP contribution in [0.1, 0.15) is 58.8 Å². The van der Waals surface area contributed by atoms with E-state index in [4.69, 9.17) is 4.74 Å². The number of rotatable bonds is 2. The van der Waals surface area contributed by atoms with Gasteiger partial charge in [-0.1, -0.05) is 13.8 Å². The molecule has 4 unspecified atom stereocenters. The topological polar surface area (TPSA) is 29.5 Å². The van der Waals surface area contributed by atoms with Crippen molar-refractivity contribution in [2.45, 2.75) is 70.5 Å². The molecule has 122 valence electrons. The molecule has 1 spiro atoms. The lowest BCUT2D eigenvalue weighted by atomic mass is 9.66. The van der Waals surface area contributed by atoms with Crippen molar-refractivity contribution in [3.63, 3.8) is 0 Å². The number of thioether (sulfide) groups is 1. The summed E-state index contributed by atoms with van der Waals surface area (Å²) in [5.41, 5.74) is 0.165. The Labute approximate surface area is 134 Å². The molecule has 0 aromatic rings. The number of hydrogen-bond donors (Lipinski definition) is 1. The highest BCUT2D eigenvalue weighted by atomic mass is 32.2. The van der Waals surface area contributed by atoms with E-state index in [0.717, 1.165) is 24.9 Å². The van der Waals surface area contributed by atoms with Gasteiger partial charge in [0.25, 0.3) is 0 Å². The average molecular weight is 313 g/mol. The lowest BCUT2D eigenvalue weighted by Gasteiger charge is -2.48. The molecule has 1 saturated carbocycles. The summed E-state index contributed by atoms with van der Waals surface area (Å²) in [5, 5.41) is 10.6. The molecule has 2 heterocycles.